The molecular formula is C9H19N5S. The van der Waals surface area contributed by atoms with Gasteiger partial charge in [-0.05, 0) is 24.4 Å². The van der Waals surface area contributed by atoms with Gasteiger partial charge in [-0.3, -0.25) is 0 Å². The highest BCUT2D eigenvalue weighted by Crippen LogP contribution is 2.07. The lowest BCUT2D eigenvalue weighted by atomic mass is 10.2. The van der Waals surface area contributed by atoms with E-state index < -0.39 is 0 Å². The van der Waals surface area contributed by atoms with E-state index in [0.29, 0.717) is 6.04 Å². The molecule has 15 heavy (non-hydrogen) atoms. The lowest BCUT2D eigenvalue weighted by Crippen LogP contribution is -2.30. The number of hydrogen-bond donors (Lipinski definition) is 1. The van der Waals surface area contributed by atoms with E-state index in [2.05, 4.69) is 27.7 Å². The summed E-state index contributed by atoms with van der Waals surface area (Å²) in [6.07, 6.45) is 2.07. The van der Waals surface area contributed by atoms with E-state index in [-0.39, 0.29) is 0 Å². The van der Waals surface area contributed by atoms with Crippen LogP contribution in [0.1, 0.15) is 19.2 Å². The van der Waals surface area contributed by atoms with Crippen LogP contribution >= 0.6 is 11.8 Å². The highest BCUT2D eigenvalue weighted by molar-refractivity contribution is 7.99. The van der Waals surface area contributed by atoms with Gasteiger partial charge in [0.1, 0.15) is 0 Å². The maximum Gasteiger partial charge on any atom is 0.176 e. The average Bonchev–Trinajstić information content (AvgIpc) is 2.63. The van der Waals surface area contributed by atoms with Crippen molar-refractivity contribution in [1.29, 1.82) is 0 Å². The monoisotopic (exact) mass is 229 g/mol. The van der Waals surface area contributed by atoms with Crippen molar-refractivity contribution in [2.24, 2.45) is 7.05 Å². The quantitative estimate of drug-likeness (QED) is 0.689. The smallest absolute Gasteiger partial charge is 0.176 e. The molecule has 0 aliphatic heterocycles. The van der Waals surface area contributed by atoms with Gasteiger partial charge in [-0.1, -0.05) is 6.92 Å². The summed E-state index contributed by atoms with van der Waals surface area (Å²) < 4.78 is 0. The molecule has 0 amide bonds. The van der Waals surface area contributed by atoms with Crippen LogP contribution in [0.15, 0.2) is 0 Å². The molecule has 0 bridgehead atoms. The second-order valence-electron chi connectivity index (χ2n) is 3.46. The summed E-state index contributed by atoms with van der Waals surface area (Å²) in [5.41, 5.74) is 0. The van der Waals surface area contributed by atoms with Crippen molar-refractivity contribution in [2.45, 2.75) is 25.8 Å². The van der Waals surface area contributed by atoms with Gasteiger partial charge in [-0.25, -0.2) is 0 Å². The number of thioether (sulfide) groups is 1. The minimum Gasteiger partial charge on any atom is -0.316 e. The molecule has 0 saturated carbocycles. The third kappa shape index (κ3) is 4.61. The third-order valence-electron chi connectivity index (χ3n) is 2.05. The second kappa shape index (κ2) is 6.79. The van der Waals surface area contributed by atoms with Gasteiger partial charge < -0.3 is 5.32 Å². The molecule has 5 nitrogen and oxygen atoms in total. The molecule has 6 heteroatoms. The van der Waals surface area contributed by atoms with Crippen LogP contribution in [0.3, 0.4) is 0 Å². The molecule has 1 heterocycles. The zero-order valence-electron chi connectivity index (χ0n) is 9.60. The Morgan fingerprint density at radius 1 is 1.53 bits per heavy atom. The summed E-state index contributed by atoms with van der Waals surface area (Å²) in [6.45, 7) is 2.20. The van der Waals surface area contributed by atoms with Crippen molar-refractivity contribution < 1.29 is 0 Å². The summed E-state index contributed by atoms with van der Waals surface area (Å²) >= 11 is 1.97. The van der Waals surface area contributed by atoms with Crippen molar-refractivity contribution in [1.82, 2.24) is 25.5 Å². The van der Waals surface area contributed by atoms with Gasteiger partial charge in [0.2, 0.25) is 0 Å². The van der Waals surface area contributed by atoms with Gasteiger partial charge in [0.15, 0.2) is 5.82 Å². The molecule has 0 aromatic carbocycles. The number of tetrazole rings is 1. The molecule has 0 fully saturated rings. The SMILES string of the molecule is CCCSCC(Cc1nnn(C)n1)NC. The minimum absolute atomic E-state index is 0.436. The van der Waals surface area contributed by atoms with E-state index in [9.17, 15) is 0 Å². The number of aryl methyl sites for hydroxylation is 1. The van der Waals surface area contributed by atoms with Crippen LogP contribution in [-0.2, 0) is 13.5 Å². The first-order valence-electron chi connectivity index (χ1n) is 5.24. The Labute approximate surface area is 95.0 Å². The molecular weight excluding hydrogens is 210 g/mol. The van der Waals surface area contributed by atoms with Crippen LogP contribution in [-0.4, -0.2) is 44.8 Å². The molecule has 0 saturated heterocycles. The maximum absolute atomic E-state index is 4.17. The first-order chi connectivity index (χ1) is 7.26. The fourth-order valence-electron chi connectivity index (χ4n) is 1.24. The van der Waals surface area contributed by atoms with Crippen molar-refractivity contribution in [2.75, 3.05) is 18.6 Å². The van der Waals surface area contributed by atoms with Crippen LogP contribution in [0.5, 0.6) is 0 Å². The molecule has 1 aromatic rings. The van der Waals surface area contributed by atoms with E-state index >= 15 is 0 Å². The Balaban J connectivity index is 2.33. The second-order valence-corrected chi connectivity index (χ2v) is 4.61. The molecule has 1 rings (SSSR count). The summed E-state index contributed by atoms with van der Waals surface area (Å²) in [6, 6.07) is 0.436. The third-order valence-corrected chi connectivity index (χ3v) is 3.39. The van der Waals surface area contributed by atoms with Gasteiger partial charge in [0.05, 0.1) is 7.05 Å². The number of rotatable bonds is 7. The average molecular weight is 229 g/mol. The Bertz CT molecular complexity index is 275. The highest BCUT2D eigenvalue weighted by Gasteiger charge is 2.10. The fraction of sp³-hybridized carbons (Fsp3) is 0.889. The summed E-state index contributed by atoms with van der Waals surface area (Å²) in [5, 5.41) is 15.3. The number of aromatic nitrogens is 4. The molecule has 86 valence electrons. The molecule has 1 N–H and O–H groups in total. The van der Waals surface area contributed by atoms with Gasteiger partial charge in [-0.15, -0.1) is 10.2 Å². The number of likely N-dealkylation sites (N-methyl/N-ethyl adjacent to an activating group) is 1. The number of hydrogen-bond acceptors (Lipinski definition) is 5. The largest absolute Gasteiger partial charge is 0.316 e. The normalized spacial score (nSPS) is 13.0. The standard InChI is InChI=1S/C9H19N5S/c1-4-5-15-7-8(10-2)6-9-11-13-14(3)12-9/h8,10H,4-7H2,1-3H3. The fourth-order valence-corrected chi connectivity index (χ4v) is 2.26. The first-order valence-corrected chi connectivity index (χ1v) is 6.39. The van der Waals surface area contributed by atoms with Crippen molar-refractivity contribution in [3.63, 3.8) is 0 Å². The van der Waals surface area contributed by atoms with Gasteiger partial charge >= 0.3 is 0 Å². The molecule has 0 spiro atoms. The zero-order valence-corrected chi connectivity index (χ0v) is 10.4. The van der Waals surface area contributed by atoms with E-state index in [0.717, 1.165) is 18.0 Å². The van der Waals surface area contributed by atoms with Crippen LogP contribution in [0.4, 0.5) is 0 Å². The van der Waals surface area contributed by atoms with Crippen molar-refractivity contribution in [3.8, 4) is 0 Å². The lowest BCUT2D eigenvalue weighted by Gasteiger charge is -2.12. The van der Waals surface area contributed by atoms with Gasteiger partial charge in [0, 0.05) is 18.2 Å². The molecule has 0 aliphatic carbocycles. The minimum atomic E-state index is 0.436. The predicted molar refractivity (Wildman–Crippen MR) is 63.0 cm³/mol. The van der Waals surface area contributed by atoms with Gasteiger partial charge in [-0.2, -0.15) is 16.6 Å². The molecule has 0 radical (unpaired) electrons. The Morgan fingerprint density at radius 3 is 2.87 bits per heavy atom. The molecule has 1 unspecified atom stereocenters. The van der Waals surface area contributed by atoms with Crippen LogP contribution in [0.2, 0.25) is 0 Å². The zero-order chi connectivity index (χ0) is 11.1. The Hall–Kier alpha value is -0.620. The number of nitrogens with zero attached hydrogens (tertiary/aromatic N) is 4. The lowest BCUT2D eigenvalue weighted by molar-refractivity contribution is 0.591. The first kappa shape index (κ1) is 12.4. The van der Waals surface area contributed by atoms with Crippen molar-refractivity contribution >= 4 is 11.8 Å². The van der Waals surface area contributed by atoms with Crippen molar-refractivity contribution in [3.05, 3.63) is 5.82 Å². The molecule has 0 aliphatic rings. The van der Waals surface area contributed by atoms with Crippen LogP contribution in [0.25, 0.3) is 0 Å². The van der Waals surface area contributed by atoms with E-state index in [1.807, 2.05) is 18.8 Å². The summed E-state index contributed by atoms with van der Waals surface area (Å²) in [7, 11) is 3.77. The highest BCUT2D eigenvalue weighted by atomic mass is 32.2. The predicted octanol–water partition coefficient (Wildman–Crippen LogP) is 0.484. The van der Waals surface area contributed by atoms with Crippen LogP contribution < -0.4 is 5.32 Å². The van der Waals surface area contributed by atoms with E-state index in [4.69, 9.17) is 0 Å². The Kier molecular flexibility index (Phi) is 5.63. The molecule has 1 aromatic heterocycles. The Morgan fingerprint density at radius 2 is 2.33 bits per heavy atom. The maximum atomic E-state index is 4.17. The van der Waals surface area contributed by atoms with Crippen LogP contribution in [0, 0.1) is 0 Å². The van der Waals surface area contributed by atoms with Gasteiger partial charge in [0.25, 0.3) is 0 Å². The summed E-state index contributed by atoms with van der Waals surface area (Å²) in [5.74, 6) is 3.13. The number of nitrogens with one attached hydrogen (secondary N) is 1. The topological polar surface area (TPSA) is 55.6 Å². The summed E-state index contributed by atoms with van der Waals surface area (Å²) in [4.78, 5) is 1.50. The van der Waals surface area contributed by atoms with E-state index in [1.165, 1.54) is 17.0 Å². The van der Waals surface area contributed by atoms with E-state index in [1.54, 1.807) is 7.05 Å². The molecule has 1 atom stereocenters.